The number of carbonyl (C=O) groups excluding carboxylic acids is 2. The highest BCUT2D eigenvalue weighted by Gasteiger charge is 2.12. The number of rotatable bonds is 5. The molecule has 0 fully saturated rings. The molecule has 2 aromatic heterocycles. The van der Waals surface area contributed by atoms with Gasteiger partial charge in [0, 0.05) is 18.3 Å². The monoisotopic (exact) mass is 388 g/mol. The Morgan fingerprint density at radius 3 is 2.41 bits per heavy atom. The molecule has 0 saturated heterocycles. The van der Waals surface area contributed by atoms with Gasteiger partial charge in [0.25, 0.3) is 11.8 Å². The summed E-state index contributed by atoms with van der Waals surface area (Å²) < 4.78 is 10.6. The number of anilines is 1. The summed E-state index contributed by atoms with van der Waals surface area (Å²) in [6.07, 6.45) is 1.43. The van der Waals surface area contributed by atoms with E-state index in [-0.39, 0.29) is 29.4 Å². The summed E-state index contributed by atoms with van der Waals surface area (Å²) in [5.41, 5.74) is 1.51. The molecule has 0 saturated carbocycles. The van der Waals surface area contributed by atoms with E-state index < -0.39 is 5.91 Å². The van der Waals surface area contributed by atoms with Gasteiger partial charge in [0.2, 0.25) is 0 Å². The van der Waals surface area contributed by atoms with E-state index in [1.165, 1.54) is 12.3 Å². The molecule has 2 aromatic carbocycles. The van der Waals surface area contributed by atoms with Crippen molar-refractivity contribution in [2.45, 2.75) is 6.54 Å². The van der Waals surface area contributed by atoms with Crippen LogP contribution in [0.15, 0.2) is 86.6 Å². The molecule has 4 aromatic rings. The average molecular weight is 388 g/mol. The van der Waals surface area contributed by atoms with Gasteiger partial charge in [-0.25, -0.2) is 0 Å². The first-order chi connectivity index (χ1) is 14.1. The Labute approximate surface area is 165 Å². The van der Waals surface area contributed by atoms with Crippen LogP contribution in [-0.2, 0) is 6.54 Å². The summed E-state index contributed by atoms with van der Waals surface area (Å²) in [4.78, 5) is 36.4. The van der Waals surface area contributed by atoms with E-state index in [0.717, 1.165) is 5.56 Å². The van der Waals surface area contributed by atoms with Crippen LogP contribution in [-0.4, -0.2) is 11.8 Å². The van der Waals surface area contributed by atoms with Gasteiger partial charge in [0.05, 0.1) is 11.6 Å². The van der Waals surface area contributed by atoms with Gasteiger partial charge in [-0.2, -0.15) is 0 Å². The minimum absolute atomic E-state index is 0.0453. The van der Waals surface area contributed by atoms with Crippen molar-refractivity contribution in [3.8, 4) is 0 Å². The molecule has 144 valence electrons. The molecule has 0 aliphatic heterocycles. The summed E-state index contributed by atoms with van der Waals surface area (Å²) in [6, 6.07) is 18.1. The number of amides is 2. The van der Waals surface area contributed by atoms with Crippen LogP contribution in [0, 0.1) is 0 Å². The molecule has 0 unspecified atom stereocenters. The van der Waals surface area contributed by atoms with E-state index in [2.05, 4.69) is 10.6 Å². The van der Waals surface area contributed by atoms with Crippen LogP contribution in [0.1, 0.15) is 26.7 Å². The topological polar surface area (TPSA) is 102 Å². The molecule has 4 rings (SSSR count). The first kappa shape index (κ1) is 18.2. The zero-order valence-electron chi connectivity index (χ0n) is 15.2. The average Bonchev–Trinajstić information content (AvgIpc) is 3.28. The minimum Gasteiger partial charge on any atom is -0.459 e. The van der Waals surface area contributed by atoms with E-state index in [9.17, 15) is 14.4 Å². The maximum Gasteiger partial charge on any atom is 0.291 e. The van der Waals surface area contributed by atoms with Crippen molar-refractivity contribution in [1.29, 1.82) is 0 Å². The molecule has 2 amide bonds. The van der Waals surface area contributed by atoms with Gasteiger partial charge in [-0.15, -0.1) is 0 Å². The summed E-state index contributed by atoms with van der Waals surface area (Å²) in [5, 5.41) is 5.86. The molecular formula is C22H16N2O5. The quantitative estimate of drug-likeness (QED) is 0.544. The smallest absolute Gasteiger partial charge is 0.291 e. The molecule has 0 aliphatic rings. The third-order valence-electron chi connectivity index (χ3n) is 4.27. The van der Waals surface area contributed by atoms with Gasteiger partial charge in [0.15, 0.2) is 16.9 Å². The van der Waals surface area contributed by atoms with Crippen LogP contribution in [0.25, 0.3) is 11.0 Å². The Balaban J connectivity index is 1.39. The van der Waals surface area contributed by atoms with Crippen molar-refractivity contribution in [1.82, 2.24) is 5.32 Å². The van der Waals surface area contributed by atoms with Gasteiger partial charge in [0.1, 0.15) is 5.58 Å². The van der Waals surface area contributed by atoms with Crippen LogP contribution < -0.4 is 16.1 Å². The third-order valence-corrected chi connectivity index (χ3v) is 4.27. The Kier molecular flexibility index (Phi) is 4.94. The molecule has 2 heterocycles. The van der Waals surface area contributed by atoms with E-state index in [1.54, 1.807) is 60.7 Å². The molecule has 7 heteroatoms. The van der Waals surface area contributed by atoms with Crippen molar-refractivity contribution in [3.63, 3.8) is 0 Å². The molecule has 0 atom stereocenters. The zero-order valence-corrected chi connectivity index (χ0v) is 15.2. The first-order valence-corrected chi connectivity index (χ1v) is 8.85. The predicted molar refractivity (Wildman–Crippen MR) is 107 cm³/mol. The molecule has 0 spiro atoms. The normalized spacial score (nSPS) is 10.6. The lowest BCUT2D eigenvalue weighted by molar-refractivity contribution is 0.0923. The number of nitrogens with one attached hydrogen (secondary N) is 2. The largest absolute Gasteiger partial charge is 0.459 e. The Hall–Kier alpha value is -4.13. The second kappa shape index (κ2) is 7.85. The first-order valence-electron chi connectivity index (χ1n) is 8.85. The molecule has 2 N–H and O–H groups in total. The van der Waals surface area contributed by atoms with Gasteiger partial charge in [-0.3, -0.25) is 14.4 Å². The number of benzene rings is 2. The highest BCUT2D eigenvalue weighted by molar-refractivity contribution is 6.02. The molecular weight excluding hydrogens is 372 g/mol. The summed E-state index contributed by atoms with van der Waals surface area (Å²) in [7, 11) is 0. The van der Waals surface area contributed by atoms with Crippen LogP contribution in [0.4, 0.5) is 5.69 Å². The Bertz CT molecular complexity index is 1220. The van der Waals surface area contributed by atoms with Crippen molar-refractivity contribution in [3.05, 3.63) is 100 Å². The summed E-state index contributed by atoms with van der Waals surface area (Å²) >= 11 is 0. The van der Waals surface area contributed by atoms with Crippen LogP contribution in [0.5, 0.6) is 0 Å². The highest BCUT2D eigenvalue weighted by atomic mass is 16.3. The van der Waals surface area contributed by atoms with E-state index in [0.29, 0.717) is 16.7 Å². The van der Waals surface area contributed by atoms with E-state index in [4.69, 9.17) is 8.83 Å². The van der Waals surface area contributed by atoms with Crippen molar-refractivity contribution < 1.29 is 18.4 Å². The van der Waals surface area contributed by atoms with E-state index >= 15 is 0 Å². The predicted octanol–water partition coefficient (Wildman–Crippen LogP) is 3.57. The van der Waals surface area contributed by atoms with Gasteiger partial charge in [-0.05, 0) is 42.0 Å². The lowest BCUT2D eigenvalue weighted by Gasteiger charge is -2.07. The lowest BCUT2D eigenvalue weighted by atomic mass is 10.2. The van der Waals surface area contributed by atoms with E-state index in [1.807, 2.05) is 0 Å². The number of furan rings is 1. The van der Waals surface area contributed by atoms with Crippen LogP contribution in [0.2, 0.25) is 0 Å². The number of fused-ring (bicyclic) bond motifs is 1. The van der Waals surface area contributed by atoms with Crippen molar-refractivity contribution in [2.75, 3.05) is 5.32 Å². The Morgan fingerprint density at radius 1 is 0.862 bits per heavy atom. The SMILES string of the molecule is O=C(Nc1ccc(CNC(=O)c2cc(=O)c3ccccc3o2)cc1)c1ccco1. The maximum atomic E-state index is 12.3. The molecule has 7 nitrogen and oxygen atoms in total. The molecule has 0 radical (unpaired) electrons. The summed E-state index contributed by atoms with van der Waals surface area (Å²) in [6.45, 7) is 0.238. The highest BCUT2D eigenvalue weighted by Crippen LogP contribution is 2.13. The van der Waals surface area contributed by atoms with Crippen LogP contribution in [0.3, 0.4) is 0 Å². The van der Waals surface area contributed by atoms with Gasteiger partial charge >= 0.3 is 0 Å². The van der Waals surface area contributed by atoms with Gasteiger partial charge < -0.3 is 19.5 Å². The molecule has 0 bridgehead atoms. The fourth-order valence-corrected chi connectivity index (χ4v) is 2.79. The van der Waals surface area contributed by atoms with Crippen molar-refractivity contribution >= 4 is 28.5 Å². The second-order valence-electron chi connectivity index (χ2n) is 6.28. The fraction of sp³-hybridized carbons (Fsp3) is 0.0455. The second-order valence-corrected chi connectivity index (χ2v) is 6.28. The third kappa shape index (κ3) is 4.08. The Morgan fingerprint density at radius 2 is 1.66 bits per heavy atom. The lowest BCUT2D eigenvalue weighted by Crippen LogP contribution is -2.24. The fourth-order valence-electron chi connectivity index (χ4n) is 2.79. The number of carbonyl (C=O) groups is 2. The van der Waals surface area contributed by atoms with Crippen LogP contribution >= 0.6 is 0 Å². The number of hydrogen-bond acceptors (Lipinski definition) is 5. The minimum atomic E-state index is -0.483. The number of hydrogen-bond donors (Lipinski definition) is 2. The van der Waals surface area contributed by atoms with Crippen molar-refractivity contribution in [2.24, 2.45) is 0 Å². The standard InChI is InChI=1S/C22H16N2O5/c25-17-12-20(29-18-5-2-1-4-16(17)18)21(26)23-13-14-7-9-15(10-8-14)24-22(27)19-6-3-11-28-19/h1-12H,13H2,(H,23,26)(H,24,27). The summed E-state index contributed by atoms with van der Waals surface area (Å²) in [5.74, 6) is -0.653. The van der Waals surface area contributed by atoms with Gasteiger partial charge in [-0.1, -0.05) is 24.3 Å². The maximum absolute atomic E-state index is 12.3. The zero-order chi connectivity index (χ0) is 20.2. The molecule has 0 aliphatic carbocycles. The number of para-hydroxylation sites is 1. The molecule has 29 heavy (non-hydrogen) atoms.